The molecule has 0 bridgehead atoms. The summed E-state index contributed by atoms with van der Waals surface area (Å²) in [6, 6.07) is 9.02. The van der Waals surface area contributed by atoms with Crippen LogP contribution in [0, 0.1) is 0 Å². The summed E-state index contributed by atoms with van der Waals surface area (Å²) < 4.78 is 42.8. The molecule has 0 saturated heterocycles. The van der Waals surface area contributed by atoms with Crippen LogP contribution >= 0.6 is 0 Å². The number of rotatable bonds is 5. The number of benzene rings is 2. The van der Waals surface area contributed by atoms with Crippen molar-refractivity contribution in [1.29, 1.82) is 0 Å². The highest BCUT2D eigenvalue weighted by Crippen LogP contribution is 2.29. The first-order chi connectivity index (χ1) is 11.8. The largest absolute Gasteiger partial charge is 0.504 e. The van der Waals surface area contributed by atoms with Crippen LogP contribution in [0.15, 0.2) is 47.6 Å². The second kappa shape index (κ2) is 7.69. The van der Waals surface area contributed by atoms with Crippen LogP contribution in [0.25, 0.3) is 0 Å². The van der Waals surface area contributed by atoms with Gasteiger partial charge in [0.2, 0.25) is 5.91 Å². The molecule has 0 aromatic heterocycles. The van der Waals surface area contributed by atoms with Crippen molar-refractivity contribution in [2.24, 2.45) is 5.10 Å². The van der Waals surface area contributed by atoms with Gasteiger partial charge in [-0.1, -0.05) is 18.2 Å². The third-order valence-electron chi connectivity index (χ3n) is 3.23. The molecule has 8 heteroatoms. The van der Waals surface area contributed by atoms with Crippen molar-refractivity contribution in [2.45, 2.75) is 12.6 Å². The standard InChI is InChI=1S/C17H15F3N2O3/c1-25-15-8-12(5-6-14(15)23)10-21-22-16(24)9-11-3-2-4-13(7-11)17(18,19)20/h2-8,10,23H,9H2,1H3,(H,22,24). The number of alkyl halides is 3. The van der Waals surface area contributed by atoms with Crippen molar-refractivity contribution in [3.63, 3.8) is 0 Å². The zero-order valence-corrected chi connectivity index (χ0v) is 13.2. The third-order valence-corrected chi connectivity index (χ3v) is 3.23. The van der Waals surface area contributed by atoms with Crippen molar-refractivity contribution in [3.05, 3.63) is 59.2 Å². The molecule has 0 aliphatic rings. The normalized spacial score (nSPS) is 11.5. The van der Waals surface area contributed by atoms with E-state index in [9.17, 15) is 23.1 Å². The van der Waals surface area contributed by atoms with E-state index in [4.69, 9.17) is 4.74 Å². The number of hydrogen-bond donors (Lipinski definition) is 2. The van der Waals surface area contributed by atoms with Crippen molar-refractivity contribution >= 4 is 12.1 Å². The van der Waals surface area contributed by atoms with Crippen molar-refractivity contribution in [2.75, 3.05) is 7.11 Å². The summed E-state index contributed by atoms with van der Waals surface area (Å²) in [5.74, 6) is -0.339. The topological polar surface area (TPSA) is 70.9 Å². The number of halogens is 3. The molecule has 0 atom stereocenters. The number of nitrogens with zero attached hydrogens (tertiary/aromatic N) is 1. The summed E-state index contributed by atoms with van der Waals surface area (Å²) in [5.41, 5.74) is 2.22. The first-order valence-corrected chi connectivity index (χ1v) is 7.14. The fourth-order valence-electron chi connectivity index (χ4n) is 2.04. The molecule has 0 aliphatic heterocycles. The van der Waals surface area contributed by atoms with Gasteiger partial charge in [0.15, 0.2) is 11.5 Å². The minimum atomic E-state index is -4.46. The average Bonchev–Trinajstić information content (AvgIpc) is 2.56. The molecular weight excluding hydrogens is 337 g/mol. The second-order valence-corrected chi connectivity index (χ2v) is 5.10. The maximum atomic E-state index is 12.6. The highest BCUT2D eigenvalue weighted by atomic mass is 19.4. The minimum absolute atomic E-state index is 0.0340. The van der Waals surface area contributed by atoms with Crippen LogP contribution in [0.2, 0.25) is 0 Å². The monoisotopic (exact) mass is 352 g/mol. The highest BCUT2D eigenvalue weighted by Gasteiger charge is 2.30. The zero-order chi connectivity index (χ0) is 18.4. The summed E-state index contributed by atoms with van der Waals surface area (Å²) in [7, 11) is 1.40. The molecule has 0 radical (unpaired) electrons. The quantitative estimate of drug-likeness (QED) is 0.642. The summed E-state index contributed by atoms with van der Waals surface area (Å²) in [4.78, 5) is 11.8. The number of carbonyl (C=O) groups excluding carboxylic acids is 1. The van der Waals surface area contributed by atoms with Crippen molar-refractivity contribution in [3.8, 4) is 11.5 Å². The van der Waals surface area contributed by atoms with Crippen LogP contribution in [0.5, 0.6) is 11.5 Å². The second-order valence-electron chi connectivity index (χ2n) is 5.10. The number of phenolic OH excluding ortho intramolecular Hbond substituents is 1. The predicted octanol–water partition coefficient (Wildman–Crippen LogP) is 3.11. The Labute approximate surface area is 141 Å². The van der Waals surface area contributed by atoms with Crippen LogP contribution in [0.3, 0.4) is 0 Å². The molecule has 2 aromatic rings. The van der Waals surface area contributed by atoms with E-state index in [0.29, 0.717) is 5.56 Å². The van der Waals surface area contributed by atoms with Crippen LogP contribution in [-0.2, 0) is 17.4 Å². The fourth-order valence-corrected chi connectivity index (χ4v) is 2.04. The molecule has 2 aromatic carbocycles. The smallest absolute Gasteiger partial charge is 0.416 e. The first-order valence-electron chi connectivity index (χ1n) is 7.14. The maximum Gasteiger partial charge on any atom is 0.416 e. The molecule has 0 spiro atoms. The summed E-state index contributed by atoms with van der Waals surface area (Å²) in [5, 5.41) is 13.2. The van der Waals surface area contributed by atoms with E-state index in [1.165, 1.54) is 37.6 Å². The molecule has 2 rings (SSSR count). The number of amides is 1. The number of aromatic hydroxyl groups is 1. The molecule has 2 N–H and O–H groups in total. The Morgan fingerprint density at radius 1 is 1.28 bits per heavy atom. The van der Waals surface area contributed by atoms with Crippen LogP contribution < -0.4 is 10.2 Å². The number of carbonyl (C=O) groups is 1. The van der Waals surface area contributed by atoms with Gasteiger partial charge in [-0.05, 0) is 35.4 Å². The van der Waals surface area contributed by atoms with E-state index in [-0.39, 0.29) is 23.5 Å². The summed E-state index contributed by atoms with van der Waals surface area (Å²) >= 11 is 0. The molecule has 1 amide bonds. The molecule has 0 fully saturated rings. The Hall–Kier alpha value is -3.03. The van der Waals surface area contributed by atoms with Crippen LogP contribution in [0.1, 0.15) is 16.7 Å². The predicted molar refractivity (Wildman–Crippen MR) is 85.5 cm³/mol. The van der Waals surface area contributed by atoms with Crippen molar-refractivity contribution in [1.82, 2.24) is 5.43 Å². The van der Waals surface area contributed by atoms with E-state index in [2.05, 4.69) is 10.5 Å². The first kappa shape index (κ1) is 18.3. The van der Waals surface area contributed by atoms with Gasteiger partial charge in [-0.3, -0.25) is 4.79 Å². The number of hydrazone groups is 1. The summed E-state index contributed by atoms with van der Waals surface area (Å²) in [6.07, 6.45) is -3.37. The Morgan fingerprint density at radius 3 is 2.72 bits per heavy atom. The third kappa shape index (κ3) is 5.23. The lowest BCUT2D eigenvalue weighted by molar-refractivity contribution is -0.137. The Morgan fingerprint density at radius 2 is 2.04 bits per heavy atom. The van der Waals surface area contributed by atoms with Gasteiger partial charge < -0.3 is 9.84 Å². The lowest BCUT2D eigenvalue weighted by Gasteiger charge is -2.08. The number of phenols is 1. The molecule has 0 aliphatic carbocycles. The van der Waals surface area contributed by atoms with Crippen LogP contribution in [-0.4, -0.2) is 24.3 Å². The van der Waals surface area contributed by atoms with E-state index < -0.39 is 17.6 Å². The van der Waals surface area contributed by atoms with Gasteiger partial charge in [-0.15, -0.1) is 0 Å². The van der Waals surface area contributed by atoms with E-state index in [1.807, 2.05) is 0 Å². The van der Waals surface area contributed by atoms with Gasteiger partial charge in [0, 0.05) is 0 Å². The zero-order valence-electron chi connectivity index (χ0n) is 13.2. The van der Waals surface area contributed by atoms with Gasteiger partial charge in [0.05, 0.1) is 25.3 Å². The maximum absolute atomic E-state index is 12.6. The molecule has 0 saturated carbocycles. The number of ether oxygens (including phenoxy) is 1. The lowest BCUT2D eigenvalue weighted by atomic mass is 10.1. The Kier molecular flexibility index (Phi) is 5.63. The van der Waals surface area contributed by atoms with Crippen LogP contribution in [0.4, 0.5) is 13.2 Å². The SMILES string of the molecule is COc1cc(C=NNC(=O)Cc2cccc(C(F)(F)F)c2)ccc1O. The van der Waals surface area contributed by atoms with Gasteiger partial charge in [-0.25, -0.2) is 5.43 Å². The number of hydrogen-bond acceptors (Lipinski definition) is 4. The van der Waals surface area contributed by atoms with Gasteiger partial charge in [0.1, 0.15) is 0 Å². The number of nitrogens with one attached hydrogen (secondary N) is 1. The van der Waals surface area contributed by atoms with E-state index >= 15 is 0 Å². The highest BCUT2D eigenvalue weighted by molar-refractivity contribution is 5.84. The van der Waals surface area contributed by atoms with Gasteiger partial charge in [0.25, 0.3) is 0 Å². The van der Waals surface area contributed by atoms with Gasteiger partial charge in [-0.2, -0.15) is 18.3 Å². The molecule has 25 heavy (non-hydrogen) atoms. The van der Waals surface area contributed by atoms with Gasteiger partial charge >= 0.3 is 6.18 Å². The number of methoxy groups -OCH3 is 1. The average molecular weight is 352 g/mol. The van der Waals surface area contributed by atoms with E-state index in [0.717, 1.165) is 12.1 Å². The summed E-state index contributed by atoms with van der Waals surface area (Å²) in [6.45, 7) is 0. The van der Waals surface area contributed by atoms with Crippen molar-refractivity contribution < 1.29 is 27.8 Å². The minimum Gasteiger partial charge on any atom is -0.504 e. The molecule has 132 valence electrons. The van der Waals surface area contributed by atoms with E-state index in [1.54, 1.807) is 6.07 Å². The molecule has 0 unspecified atom stereocenters. The Bertz CT molecular complexity index is 789. The molecule has 5 nitrogen and oxygen atoms in total. The molecular formula is C17H15F3N2O3. The lowest BCUT2D eigenvalue weighted by Crippen LogP contribution is -2.20. The fraction of sp³-hybridized carbons (Fsp3) is 0.176. The Balaban J connectivity index is 1.97. The molecule has 0 heterocycles.